The Bertz CT molecular complexity index is 794. The Hall–Kier alpha value is -2.69. The molecule has 0 aromatic heterocycles. The second kappa shape index (κ2) is 6.90. The van der Waals surface area contributed by atoms with E-state index in [1.165, 1.54) is 0 Å². The lowest BCUT2D eigenvalue weighted by Gasteiger charge is -2.32. The molecule has 4 rings (SSSR count). The molecule has 0 radical (unpaired) electrons. The Labute approximate surface area is 152 Å². The smallest absolute Gasteiger partial charge is 0.225 e. The van der Waals surface area contributed by atoms with Crippen molar-refractivity contribution in [2.45, 2.75) is 37.6 Å². The molecular formula is C21H23NO4. The van der Waals surface area contributed by atoms with E-state index in [2.05, 4.69) is 5.32 Å². The van der Waals surface area contributed by atoms with E-state index in [1.54, 1.807) is 24.3 Å². The van der Waals surface area contributed by atoms with Crippen molar-refractivity contribution in [2.24, 2.45) is 0 Å². The third-order valence-electron chi connectivity index (χ3n) is 5.23. The molecule has 2 aromatic carbocycles. The molecule has 0 spiro atoms. The van der Waals surface area contributed by atoms with Gasteiger partial charge in [-0.05, 0) is 48.2 Å². The maximum Gasteiger partial charge on any atom is 0.225 e. The first-order chi connectivity index (χ1) is 12.6. The van der Waals surface area contributed by atoms with Gasteiger partial charge in [-0.25, -0.2) is 0 Å². The van der Waals surface area contributed by atoms with Gasteiger partial charge in [0.05, 0.1) is 12.0 Å². The van der Waals surface area contributed by atoms with E-state index in [0.29, 0.717) is 19.6 Å². The molecule has 136 valence electrons. The number of ether oxygens (including phenoxy) is 2. The van der Waals surface area contributed by atoms with Crippen LogP contribution >= 0.6 is 0 Å². The normalized spacial score (nSPS) is 17.7. The van der Waals surface area contributed by atoms with Gasteiger partial charge in [-0.3, -0.25) is 4.79 Å². The molecule has 0 unspecified atom stereocenters. The van der Waals surface area contributed by atoms with E-state index in [-0.39, 0.29) is 17.2 Å². The average molecular weight is 353 g/mol. The van der Waals surface area contributed by atoms with Crippen LogP contribution in [-0.2, 0) is 16.8 Å². The van der Waals surface area contributed by atoms with Gasteiger partial charge in [0.2, 0.25) is 5.91 Å². The standard InChI is InChI=1S/C21H23NO4/c23-17-6-3-15(4-7-17)13-20(24)22-21(9-1-2-10-21)16-5-8-18-19(14-16)26-12-11-25-18/h3-8,14,23H,1-2,9-13H2,(H,22,24). The van der Waals surface area contributed by atoms with Crippen LogP contribution in [0.3, 0.4) is 0 Å². The second-order valence-electron chi connectivity index (χ2n) is 7.04. The number of amides is 1. The molecule has 1 aliphatic heterocycles. The number of hydrogen-bond donors (Lipinski definition) is 2. The number of phenolic OH excluding ortho intramolecular Hbond substituents is 1. The van der Waals surface area contributed by atoms with Crippen LogP contribution in [0.25, 0.3) is 0 Å². The van der Waals surface area contributed by atoms with Gasteiger partial charge in [0.1, 0.15) is 19.0 Å². The Morgan fingerprint density at radius 2 is 1.69 bits per heavy atom. The van der Waals surface area contributed by atoms with Crippen LogP contribution in [0.4, 0.5) is 0 Å². The number of phenols is 1. The Morgan fingerprint density at radius 3 is 2.42 bits per heavy atom. The first-order valence-electron chi connectivity index (χ1n) is 9.14. The van der Waals surface area contributed by atoms with Crippen LogP contribution in [0.2, 0.25) is 0 Å². The van der Waals surface area contributed by atoms with Crippen molar-refractivity contribution < 1.29 is 19.4 Å². The zero-order chi connectivity index (χ0) is 18.0. The minimum absolute atomic E-state index is 0.00696. The van der Waals surface area contributed by atoms with Crippen molar-refractivity contribution in [3.8, 4) is 17.2 Å². The van der Waals surface area contributed by atoms with Crippen LogP contribution in [-0.4, -0.2) is 24.2 Å². The summed E-state index contributed by atoms with van der Waals surface area (Å²) in [6, 6.07) is 12.8. The van der Waals surface area contributed by atoms with Gasteiger partial charge in [-0.2, -0.15) is 0 Å². The summed E-state index contributed by atoms with van der Waals surface area (Å²) in [5, 5.41) is 12.7. The molecule has 0 atom stereocenters. The minimum Gasteiger partial charge on any atom is -0.508 e. The predicted octanol–water partition coefficient (Wildman–Crippen LogP) is 3.29. The number of nitrogens with one attached hydrogen (secondary N) is 1. The molecule has 0 saturated heterocycles. The zero-order valence-corrected chi connectivity index (χ0v) is 14.7. The van der Waals surface area contributed by atoms with Crippen molar-refractivity contribution in [3.05, 3.63) is 53.6 Å². The summed E-state index contributed by atoms with van der Waals surface area (Å²) in [7, 11) is 0. The zero-order valence-electron chi connectivity index (χ0n) is 14.7. The van der Waals surface area contributed by atoms with Crippen LogP contribution in [0.5, 0.6) is 17.2 Å². The maximum atomic E-state index is 12.7. The van der Waals surface area contributed by atoms with E-state index in [4.69, 9.17) is 9.47 Å². The third kappa shape index (κ3) is 3.34. The molecular weight excluding hydrogens is 330 g/mol. The summed E-state index contributed by atoms with van der Waals surface area (Å²) in [5.41, 5.74) is 1.62. The highest BCUT2D eigenvalue weighted by Crippen LogP contribution is 2.42. The van der Waals surface area contributed by atoms with Crippen molar-refractivity contribution in [1.82, 2.24) is 5.32 Å². The Morgan fingerprint density at radius 1 is 1.00 bits per heavy atom. The third-order valence-corrected chi connectivity index (χ3v) is 5.23. The monoisotopic (exact) mass is 353 g/mol. The van der Waals surface area contributed by atoms with E-state index in [9.17, 15) is 9.90 Å². The molecule has 0 bridgehead atoms. The summed E-state index contributed by atoms with van der Waals surface area (Å²) in [4.78, 5) is 12.7. The highest BCUT2D eigenvalue weighted by atomic mass is 16.6. The fraction of sp³-hybridized carbons (Fsp3) is 0.381. The number of benzene rings is 2. The summed E-state index contributed by atoms with van der Waals surface area (Å²) >= 11 is 0. The fourth-order valence-corrected chi connectivity index (χ4v) is 3.92. The topological polar surface area (TPSA) is 67.8 Å². The number of aromatic hydroxyl groups is 1. The molecule has 1 aliphatic carbocycles. The number of carbonyl (C=O) groups is 1. The van der Waals surface area contributed by atoms with Gasteiger partial charge >= 0.3 is 0 Å². The molecule has 26 heavy (non-hydrogen) atoms. The van der Waals surface area contributed by atoms with Gasteiger partial charge in [-0.15, -0.1) is 0 Å². The lowest BCUT2D eigenvalue weighted by atomic mass is 9.87. The lowest BCUT2D eigenvalue weighted by Crippen LogP contribution is -2.44. The number of carbonyl (C=O) groups excluding carboxylic acids is 1. The van der Waals surface area contributed by atoms with Gasteiger partial charge in [0, 0.05) is 0 Å². The van der Waals surface area contributed by atoms with Crippen LogP contribution in [0.1, 0.15) is 36.8 Å². The molecule has 1 fully saturated rings. The van der Waals surface area contributed by atoms with Gasteiger partial charge in [0.25, 0.3) is 0 Å². The molecule has 5 heteroatoms. The summed E-state index contributed by atoms with van der Waals surface area (Å²) in [6.07, 6.45) is 4.33. The highest BCUT2D eigenvalue weighted by Gasteiger charge is 2.37. The Balaban J connectivity index is 1.54. The molecule has 2 aromatic rings. The summed E-state index contributed by atoms with van der Waals surface area (Å²) < 4.78 is 11.3. The van der Waals surface area contributed by atoms with Gasteiger partial charge < -0.3 is 19.9 Å². The van der Waals surface area contributed by atoms with Crippen LogP contribution in [0.15, 0.2) is 42.5 Å². The van der Waals surface area contributed by atoms with E-state index < -0.39 is 0 Å². The predicted molar refractivity (Wildman–Crippen MR) is 97.5 cm³/mol. The molecule has 1 heterocycles. The minimum atomic E-state index is -0.343. The fourth-order valence-electron chi connectivity index (χ4n) is 3.92. The number of hydrogen-bond acceptors (Lipinski definition) is 4. The average Bonchev–Trinajstić information content (AvgIpc) is 3.13. The van der Waals surface area contributed by atoms with E-state index in [0.717, 1.165) is 48.3 Å². The van der Waals surface area contributed by atoms with Crippen molar-refractivity contribution in [3.63, 3.8) is 0 Å². The van der Waals surface area contributed by atoms with Crippen LogP contribution in [0, 0.1) is 0 Å². The SMILES string of the molecule is O=C(Cc1ccc(O)cc1)NC1(c2ccc3c(c2)OCCO3)CCCC1. The summed E-state index contributed by atoms with van der Waals surface area (Å²) in [6.45, 7) is 1.12. The second-order valence-corrected chi connectivity index (χ2v) is 7.04. The van der Waals surface area contributed by atoms with Crippen molar-refractivity contribution in [1.29, 1.82) is 0 Å². The van der Waals surface area contributed by atoms with Crippen molar-refractivity contribution >= 4 is 5.91 Å². The summed E-state index contributed by atoms with van der Waals surface area (Å²) in [5.74, 6) is 1.72. The molecule has 1 saturated carbocycles. The van der Waals surface area contributed by atoms with E-state index in [1.807, 2.05) is 18.2 Å². The van der Waals surface area contributed by atoms with Crippen molar-refractivity contribution in [2.75, 3.05) is 13.2 Å². The Kier molecular flexibility index (Phi) is 4.45. The van der Waals surface area contributed by atoms with Crippen LogP contribution < -0.4 is 14.8 Å². The van der Waals surface area contributed by atoms with E-state index >= 15 is 0 Å². The first kappa shape index (κ1) is 16.8. The maximum absolute atomic E-state index is 12.7. The lowest BCUT2D eigenvalue weighted by molar-refractivity contribution is -0.122. The molecule has 2 N–H and O–H groups in total. The van der Waals surface area contributed by atoms with Gasteiger partial charge in [-0.1, -0.05) is 31.0 Å². The molecule has 1 amide bonds. The molecule has 5 nitrogen and oxygen atoms in total. The van der Waals surface area contributed by atoms with Gasteiger partial charge in [0.15, 0.2) is 11.5 Å². The first-order valence-corrected chi connectivity index (χ1v) is 9.14. The largest absolute Gasteiger partial charge is 0.508 e. The number of rotatable bonds is 4. The molecule has 2 aliphatic rings. The highest BCUT2D eigenvalue weighted by molar-refractivity contribution is 5.79. The quantitative estimate of drug-likeness (QED) is 0.885. The number of fused-ring (bicyclic) bond motifs is 1.